The number of nitrogens with one attached hydrogen (secondary N) is 1. The van der Waals surface area contributed by atoms with Crippen molar-refractivity contribution in [2.24, 2.45) is 11.1 Å². The highest BCUT2D eigenvalue weighted by atomic mass is 32.1. The summed E-state index contributed by atoms with van der Waals surface area (Å²) in [5.74, 6) is 0.0307. The van der Waals surface area contributed by atoms with Crippen LogP contribution in [0, 0.1) is 5.41 Å². The van der Waals surface area contributed by atoms with E-state index in [1.807, 2.05) is 44.2 Å². The van der Waals surface area contributed by atoms with Gasteiger partial charge in [0.05, 0.1) is 4.99 Å². The highest BCUT2D eigenvalue weighted by Crippen LogP contribution is 2.13. The minimum atomic E-state index is -0.336. The first kappa shape index (κ1) is 14.6. The summed E-state index contributed by atoms with van der Waals surface area (Å²) in [7, 11) is 0. The zero-order valence-electron chi connectivity index (χ0n) is 10.9. The maximum atomic E-state index is 11.7. The van der Waals surface area contributed by atoms with Gasteiger partial charge in [0, 0.05) is 18.4 Å². The molecule has 0 aliphatic heterocycles. The Balaban J connectivity index is 2.33. The summed E-state index contributed by atoms with van der Waals surface area (Å²) < 4.78 is 0. The van der Waals surface area contributed by atoms with E-state index in [-0.39, 0.29) is 11.3 Å². The molecule has 4 heteroatoms. The van der Waals surface area contributed by atoms with Crippen molar-refractivity contribution in [3.63, 3.8) is 0 Å². The molecule has 3 nitrogen and oxygen atoms in total. The molecule has 0 aromatic heterocycles. The van der Waals surface area contributed by atoms with Gasteiger partial charge in [-0.05, 0) is 12.0 Å². The number of aryl methyl sites for hydroxylation is 1. The third-order valence-corrected chi connectivity index (χ3v) is 3.43. The molecular formula is C14H20N2OS. The normalized spacial score (nSPS) is 11.0. The summed E-state index contributed by atoms with van der Waals surface area (Å²) in [4.78, 5) is 12.1. The minimum Gasteiger partial charge on any atom is -0.393 e. The van der Waals surface area contributed by atoms with Crippen molar-refractivity contribution in [1.29, 1.82) is 0 Å². The van der Waals surface area contributed by atoms with Crippen molar-refractivity contribution in [2.75, 3.05) is 6.54 Å². The molecule has 0 heterocycles. The quantitative estimate of drug-likeness (QED) is 0.773. The number of nitrogens with two attached hydrogens (primary N) is 1. The van der Waals surface area contributed by atoms with Gasteiger partial charge in [-0.1, -0.05) is 56.4 Å². The van der Waals surface area contributed by atoms with E-state index in [4.69, 9.17) is 18.0 Å². The van der Waals surface area contributed by atoms with Crippen LogP contribution in [0.25, 0.3) is 0 Å². The number of thiocarbonyl (C=S) groups is 1. The summed E-state index contributed by atoms with van der Waals surface area (Å²) in [6.45, 7) is 4.33. The molecule has 98 valence electrons. The standard InChI is InChI=1S/C14H20N2OS/c1-14(2,13(15)18)10-16-12(17)9-8-11-6-4-3-5-7-11/h3-7H,8-10H2,1-2H3,(H2,15,18)(H,16,17). The summed E-state index contributed by atoms with van der Waals surface area (Å²) in [6.07, 6.45) is 1.23. The van der Waals surface area contributed by atoms with Crippen LogP contribution in [-0.2, 0) is 11.2 Å². The van der Waals surface area contributed by atoms with E-state index in [9.17, 15) is 4.79 Å². The molecule has 1 rings (SSSR count). The largest absolute Gasteiger partial charge is 0.393 e. The van der Waals surface area contributed by atoms with Gasteiger partial charge in [-0.15, -0.1) is 0 Å². The second kappa shape index (κ2) is 6.50. The molecule has 3 N–H and O–H groups in total. The molecule has 0 aliphatic carbocycles. The van der Waals surface area contributed by atoms with Crippen LogP contribution in [0.15, 0.2) is 30.3 Å². The van der Waals surface area contributed by atoms with Gasteiger partial charge >= 0.3 is 0 Å². The Kier molecular flexibility index (Phi) is 5.28. The molecule has 0 atom stereocenters. The van der Waals surface area contributed by atoms with Gasteiger partial charge in [0.1, 0.15) is 0 Å². The van der Waals surface area contributed by atoms with Crippen molar-refractivity contribution in [3.05, 3.63) is 35.9 Å². The molecule has 18 heavy (non-hydrogen) atoms. The van der Waals surface area contributed by atoms with Crippen LogP contribution in [-0.4, -0.2) is 17.4 Å². The van der Waals surface area contributed by atoms with Crippen molar-refractivity contribution in [2.45, 2.75) is 26.7 Å². The zero-order chi connectivity index (χ0) is 13.6. The van der Waals surface area contributed by atoms with E-state index in [2.05, 4.69) is 5.32 Å². The molecule has 0 unspecified atom stereocenters. The fourth-order valence-electron chi connectivity index (χ4n) is 1.40. The van der Waals surface area contributed by atoms with Crippen molar-refractivity contribution >= 4 is 23.1 Å². The Labute approximate surface area is 114 Å². The van der Waals surface area contributed by atoms with Crippen molar-refractivity contribution in [3.8, 4) is 0 Å². The number of amides is 1. The lowest BCUT2D eigenvalue weighted by Gasteiger charge is -2.23. The smallest absolute Gasteiger partial charge is 0.220 e. The first-order valence-corrected chi connectivity index (χ1v) is 6.43. The predicted molar refractivity (Wildman–Crippen MR) is 78.3 cm³/mol. The van der Waals surface area contributed by atoms with E-state index < -0.39 is 0 Å². The maximum absolute atomic E-state index is 11.7. The van der Waals surface area contributed by atoms with E-state index in [0.717, 1.165) is 6.42 Å². The van der Waals surface area contributed by atoms with E-state index in [1.54, 1.807) is 0 Å². The first-order chi connectivity index (χ1) is 8.42. The molecule has 1 aromatic carbocycles. The third-order valence-electron chi connectivity index (χ3n) is 2.88. The van der Waals surface area contributed by atoms with Gasteiger partial charge in [0.2, 0.25) is 5.91 Å². The fourth-order valence-corrected chi connectivity index (χ4v) is 1.47. The van der Waals surface area contributed by atoms with Gasteiger partial charge in [0.25, 0.3) is 0 Å². The van der Waals surface area contributed by atoms with Crippen LogP contribution in [0.4, 0.5) is 0 Å². The number of rotatable bonds is 6. The molecule has 0 saturated heterocycles. The molecule has 0 radical (unpaired) electrons. The average Bonchev–Trinajstić information content (AvgIpc) is 2.35. The van der Waals surface area contributed by atoms with Gasteiger partial charge in [0.15, 0.2) is 0 Å². The molecular weight excluding hydrogens is 244 g/mol. The van der Waals surface area contributed by atoms with Gasteiger partial charge in [-0.3, -0.25) is 4.79 Å². The molecule has 1 aromatic rings. The number of carbonyl (C=O) groups excluding carboxylic acids is 1. The van der Waals surface area contributed by atoms with Crippen LogP contribution in [0.5, 0.6) is 0 Å². The molecule has 0 aliphatic rings. The number of hydrogen-bond acceptors (Lipinski definition) is 2. The molecule has 0 fully saturated rings. The van der Waals surface area contributed by atoms with Crippen LogP contribution < -0.4 is 11.1 Å². The Morgan fingerprint density at radius 1 is 1.33 bits per heavy atom. The molecule has 1 amide bonds. The highest BCUT2D eigenvalue weighted by molar-refractivity contribution is 7.80. The van der Waals surface area contributed by atoms with E-state index in [1.165, 1.54) is 5.56 Å². The van der Waals surface area contributed by atoms with Crippen LogP contribution >= 0.6 is 12.2 Å². The van der Waals surface area contributed by atoms with Gasteiger partial charge < -0.3 is 11.1 Å². The topological polar surface area (TPSA) is 55.1 Å². The second-order valence-corrected chi connectivity index (χ2v) is 5.45. The maximum Gasteiger partial charge on any atom is 0.220 e. The van der Waals surface area contributed by atoms with E-state index >= 15 is 0 Å². The first-order valence-electron chi connectivity index (χ1n) is 6.02. The Hall–Kier alpha value is -1.42. The second-order valence-electron chi connectivity index (χ2n) is 5.01. The summed E-state index contributed by atoms with van der Waals surface area (Å²) in [6, 6.07) is 9.96. The Morgan fingerprint density at radius 2 is 1.94 bits per heavy atom. The zero-order valence-corrected chi connectivity index (χ0v) is 11.7. The van der Waals surface area contributed by atoms with Crippen LogP contribution in [0.1, 0.15) is 25.8 Å². The lowest BCUT2D eigenvalue weighted by molar-refractivity contribution is -0.121. The summed E-state index contributed by atoms with van der Waals surface area (Å²) in [5, 5.41) is 2.87. The monoisotopic (exact) mass is 264 g/mol. The van der Waals surface area contributed by atoms with Crippen LogP contribution in [0.3, 0.4) is 0 Å². The number of hydrogen-bond donors (Lipinski definition) is 2. The predicted octanol–water partition coefficient (Wildman–Crippen LogP) is 2.05. The Bertz CT molecular complexity index is 415. The molecule has 0 spiro atoms. The van der Waals surface area contributed by atoms with Crippen molar-refractivity contribution < 1.29 is 4.79 Å². The molecule has 0 bridgehead atoms. The minimum absolute atomic E-state index is 0.0307. The van der Waals surface area contributed by atoms with Gasteiger partial charge in [-0.25, -0.2) is 0 Å². The lowest BCUT2D eigenvalue weighted by Crippen LogP contribution is -2.41. The van der Waals surface area contributed by atoms with Gasteiger partial charge in [-0.2, -0.15) is 0 Å². The summed E-state index contributed by atoms with van der Waals surface area (Å²) >= 11 is 4.95. The highest BCUT2D eigenvalue weighted by Gasteiger charge is 2.21. The number of benzene rings is 1. The van der Waals surface area contributed by atoms with E-state index in [0.29, 0.717) is 18.0 Å². The SMILES string of the molecule is CC(C)(CNC(=O)CCc1ccccc1)C(N)=S. The third kappa shape index (κ3) is 4.84. The number of carbonyl (C=O) groups is 1. The van der Waals surface area contributed by atoms with Crippen molar-refractivity contribution in [1.82, 2.24) is 5.32 Å². The lowest BCUT2D eigenvalue weighted by atomic mass is 9.93. The molecule has 0 saturated carbocycles. The fraction of sp³-hybridized carbons (Fsp3) is 0.429. The Morgan fingerprint density at radius 3 is 2.50 bits per heavy atom. The average molecular weight is 264 g/mol. The van der Waals surface area contributed by atoms with Crippen LogP contribution in [0.2, 0.25) is 0 Å². The summed E-state index contributed by atoms with van der Waals surface area (Å²) in [5.41, 5.74) is 6.43.